The van der Waals surface area contributed by atoms with Crippen LogP contribution in [0.3, 0.4) is 0 Å². The third-order valence-electron chi connectivity index (χ3n) is 5.44. The van der Waals surface area contributed by atoms with Crippen LogP contribution in [0.2, 0.25) is 0 Å². The van der Waals surface area contributed by atoms with Crippen LogP contribution >= 0.6 is 0 Å². The maximum Gasteiger partial charge on any atom is 0.340 e. The van der Waals surface area contributed by atoms with E-state index in [1.807, 2.05) is 38.1 Å². The molecule has 27 heavy (non-hydrogen) atoms. The molecule has 0 spiro atoms. The highest BCUT2D eigenvalue weighted by Crippen LogP contribution is 2.19. The highest BCUT2D eigenvalue weighted by molar-refractivity contribution is 5.92. The molecule has 0 radical (unpaired) electrons. The number of benzene rings is 1. The Balaban J connectivity index is 1.61. The minimum Gasteiger partial charge on any atom is -0.452 e. The van der Waals surface area contributed by atoms with E-state index in [0.717, 1.165) is 37.3 Å². The second-order valence-corrected chi connectivity index (χ2v) is 7.50. The fourth-order valence-corrected chi connectivity index (χ4v) is 3.57. The third kappa shape index (κ3) is 4.59. The van der Waals surface area contributed by atoms with Crippen LogP contribution in [0.4, 0.5) is 0 Å². The Morgan fingerprint density at radius 2 is 1.78 bits per heavy atom. The summed E-state index contributed by atoms with van der Waals surface area (Å²) in [6, 6.07) is 12.0. The zero-order valence-corrected chi connectivity index (χ0v) is 16.4. The summed E-state index contributed by atoms with van der Waals surface area (Å²) in [7, 11) is 0. The number of amides is 1. The Morgan fingerprint density at radius 3 is 2.44 bits per heavy atom. The van der Waals surface area contributed by atoms with Crippen molar-refractivity contribution in [3.63, 3.8) is 0 Å². The van der Waals surface area contributed by atoms with Crippen LogP contribution in [0, 0.1) is 19.8 Å². The largest absolute Gasteiger partial charge is 0.452 e. The van der Waals surface area contributed by atoms with E-state index < -0.39 is 5.97 Å². The van der Waals surface area contributed by atoms with E-state index in [0.29, 0.717) is 18.0 Å². The number of hydrogen-bond acceptors (Lipinski definition) is 3. The van der Waals surface area contributed by atoms with Gasteiger partial charge in [-0.3, -0.25) is 4.79 Å². The average molecular weight is 368 g/mol. The Kier molecular flexibility index (Phi) is 5.99. The summed E-state index contributed by atoms with van der Waals surface area (Å²) in [5, 5.41) is 0. The lowest BCUT2D eigenvalue weighted by atomic mass is 9.99. The molecule has 0 unspecified atom stereocenters. The summed E-state index contributed by atoms with van der Waals surface area (Å²) in [5.74, 6) is 0.126. The van der Waals surface area contributed by atoms with E-state index in [1.54, 1.807) is 4.90 Å². The van der Waals surface area contributed by atoms with Crippen molar-refractivity contribution in [2.75, 3.05) is 19.7 Å². The molecule has 0 bridgehead atoms. The molecule has 1 aliphatic rings. The van der Waals surface area contributed by atoms with E-state index in [2.05, 4.69) is 23.6 Å². The number of aryl methyl sites for hydroxylation is 1. The SMILES string of the molecule is Cc1cc(C(=O)OCC(=O)N2CCC(C)CC2)c(C)n1Cc1ccccc1. The number of nitrogens with zero attached hydrogens (tertiary/aromatic N) is 2. The Labute approximate surface area is 160 Å². The van der Waals surface area contributed by atoms with Crippen LogP contribution < -0.4 is 0 Å². The van der Waals surface area contributed by atoms with Crippen LogP contribution in [0.25, 0.3) is 0 Å². The predicted molar refractivity (Wildman–Crippen MR) is 105 cm³/mol. The van der Waals surface area contributed by atoms with Gasteiger partial charge < -0.3 is 14.2 Å². The second kappa shape index (κ2) is 8.42. The summed E-state index contributed by atoms with van der Waals surface area (Å²) in [4.78, 5) is 26.6. The molecule has 3 rings (SSSR count). The number of carbonyl (C=O) groups excluding carboxylic acids is 2. The van der Waals surface area contributed by atoms with Crippen molar-refractivity contribution in [3.8, 4) is 0 Å². The molecule has 1 saturated heterocycles. The first kappa shape index (κ1) is 19.2. The summed E-state index contributed by atoms with van der Waals surface area (Å²) >= 11 is 0. The van der Waals surface area contributed by atoms with Gasteiger partial charge >= 0.3 is 5.97 Å². The van der Waals surface area contributed by atoms with Gasteiger partial charge in [0.2, 0.25) is 0 Å². The average Bonchev–Trinajstić information content (AvgIpc) is 2.95. The van der Waals surface area contributed by atoms with E-state index in [9.17, 15) is 9.59 Å². The number of rotatable bonds is 5. The monoisotopic (exact) mass is 368 g/mol. The number of ether oxygens (including phenoxy) is 1. The van der Waals surface area contributed by atoms with Gasteiger partial charge in [-0.05, 0) is 44.2 Å². The van der Waals surface area contributed by atoms with Crippen molar-refractivity contribution >= 4 is 11.9 Å². The van der Waals surface area contributed by atoms with E-state index in [4.69, 9.17) is 4.74 Å². The molecule has 0 saturated carbocycles. The molecule has 1 fully saturated rings. The van der Waals surface area contributed by atoms with Crippen LogP contribution in [0.5, 0.6) is 0 Å². The van der Waals surface area contributed by atoms with E-state index >= 15 is 0 Å². The molecule has 2 heterocycles. The summed E-state index contributed by atoms with van der Waals surface area (Å²) in [5.41, 5.74) is 3.57. The quantitative estimate of drug-likeness (QED) is 0.758. The van der Waals surface area contributed by atoms with Crippen molar-refractivity contribution in [3.05, 3.63) is 58.9 Å². The van der Waals surface area contributed by atoms with Gasteiger partial charge in [-0.25, -0.2) is 4.79 Å². The summed E-state index contributed by atoms with van der Waals surface area (Å²) < 4.78 is 7.42. The van der Waals surface area contributed by atoms with Crippen LogP contribution in [-0.4, -0.2) is 41.0 Å². The molecule has 0 atom stereocenters. The Hall–Kier alpha value is -2.56. The number of esters is 1. The molecule has 5 nitrogen and oxygen atoms in total. The number of piperidine rings is 1. The highest BCUT2D eigenvalue weighted by atomic mass is 16.5. The van der Waals surface area contributed by atoms with Gasteiger partial charge in [-0.2, -0.15) is 0 Å². The van der Waals surface area contributed by atoms with Gasteiger partial charge in [0.1, 0.15) is 0 Å². The third-order valence-corrected chi connectivity index (χ3v) is 5.44. The van der Waals surface area contributed by atoms with Gasteiger partial charge in [0.15, 0.2) is 6.61 Å². The molecule has 0 aliphatic carbocycles. The van der Waals surface area contributed by atoms with Crippen LogP contribution in [0.15, 0.2) is 36.4 Å². The van der Waals surface area contributed by atoms with Gasteiger partial charge in [0, 0.05) is 31.0 Å². The lowest BCUT2D eigenvalue weighted by molar-refractivity contribution is -0.135. The van der Waals surface area contributed by atoms with Gasteiger partial charge in [-0.1, -0.05) is 37.3 Å². The number of carbonyl (C=O) groups is 2. The molecule has 1 aliphatic heterocycles. The first-order valence-corrected chi connectivity index (χ1v) is 9.61. The summed E-state index contributed by atoms with van der Waals surface area (Å²) in [6.07, 6.45) is 2.03. The molecular weight excluding hydrogens is 340 g/mol. The second-order valence-electron chi connectivity index (χ2n) is 7.50. The lowest BCUT2D eigenvalue weighted by Crippen LogP contribution is -2.40. The van der Waals surface area contributed by atoms with Crippen LogP contribution in [0.1, 0.15) is 47.1 Å². The molecule has 0 N–H and O–H groups in total. The van der Waals surface area contributed by atoms with Gasteiger partial charge in [0.25, 0.3) is 5.91 Å². The van der Waals surface area contributed by atoms with Crippen LogP contribution in [-0.2, 0) is 16.1 Å². The van der Waals surface area contributed by atoms with E-state index in [-0.39, 0.29) is 12.5 Å². The fraction of sp³-hybridized carbons (Fsp3) is 0.455. The first-order valence-electron chi connectivity index (χ1n) is 9.61. The molecule has 1 aromatic carbocycles. The maximum atomic E-state index is 12.5. The predicted octanol–water partition coefficient (Wildman–Crippen LogP) is 3.57. The van der Waals surface area contributed by atoms with Gasteiger partial charge in [0.05, 0.1) is 5.56 Å². The lowest BCUT2D eigenvalue weighted by Gasteiger charge is -2.30. The Morgan fingerprint density at radius 1 is 1.11 bits per heavy atom. The van der Waals surface area contributed by atoms with Crippen molar-refractivity contribution in [2.24, 2.45) is 5.92 Å². The van der Waals surface area contributed by atoms with Gasteiger partial charge in [-0.15, -0.1) is 0 Å². The van der Waals surface area contributed by atoms with Crippen molar-refractivity contribution < 1.29 is 14.3 Å². The molecule has 5 heteroatoms. The molecular formula is C22H28N2O3. The standard InChI is InChI=1S/C22H28N2O3/c1-16-9-11-23(12-10-16)21(25)15-27-22(26)20-13-17(2)24(18(20)3)14-19-7-5-4-6-8-19/h4-8,13,16H,9-12,14-15H2,1-3H3. The minimum atomic E-state index is -0.430. The molecule has 144 valence electrons. The number of aromatic nitrogens is 1. The smallest absolute Gasteiger partial charge is 0.340 e. The van der Waals surface area contributed by atoms with E-state index in [1.165, 1.54) is 5.56 Å². The molecule has 1 aromatic heterocycles. The summed E-state index contributed by atoms with van der Waals surface area (Å²) in [6.45, 7) is 8.12. The minimum absolute atomic E-state index is 0.103. The zero-order chi connectivity index (χ0) is 19.4. The fourth-order valence-electron chi connectivity index (χ4n) is 3.57. The van der Waals surface area contributed by atoms with Crippen molar-refractivity contribution in [1.82, 2.24) is 9.47 Å². The number of hydrogen-bond donors (Lipinski definition) is 0. The maximum absolute atomic E-state index is 12.5. The normalized spacial score (nSPS) is 15.0. The molecule has 2 aromatic rings. The zero-order valence-electron chi connectivity index (χ0n) is 16.4. The first-order chi connectivity index (χ1) is 13.0. The van der Waals surface area contributed by atoms with Crippen molar-refractivity contribution in [2.45, 2.75) is 40.2 Å². The highest BCUT2D eigenvalue weighted by Gasteiger charge is 2.23. The Bertz CT molecular complexity index is 802. The van der Waals surface area contributed by atoms with Crippen molar-refractivity contribution in [1.29, 1.82) is 0 Å². The topological polar surface area (TPSA) is 51.5 Å². The molecule has 1 amide bonds. The number of likely N-dealkylation sites (tertiary alicyclic amines) is 1.